The van der Waals surface area contributed by atoms with Crippen LogP contribution in [-0.2, 0) is 77.1 Å². The molecule has 0 spiro atoms. The van der Waals surface area contributed by atoms with Gasteiger partial charge in [0.2, 0.25) is 52.8 Å². The van der Waals surface area contributed by atoms with Gasteiger partial charge in [-0.3, -0.25) is 62.3 Å². The van der Waals surface area contributed by atoms with Crippen LogP contribution in [0.2, 0.25) is 0 Å². The maximum Gasteiger partial charge on any atom is 0.408 e. The van der Waals surface area contributed by atoms with E-state index in [-0.39, 0.29) is 99.2 Å². The monoisotopic (exact) mass is 1790 g/mol. The number of Topliss-reactive ketones (excluding diaryl/α,β-unsaturated/α-hetero) is 3. The van der Waals surface area contributed by atoms with Crippen molar-refractivity contribution in [1.82, 2.24) is 66.9 Å². The quantitative estimate of drug-likeness (QED) is 0.0552. The lowest BCUT2D eigenvalue weighted by molar-refractivity contribution is -0.144. The molecule has 12 amide bonds. The van der Waals surface area contributed by atoms with Crippen molar-refractivity contribution in [3.8, 4) is 0 Å². The first-order valence-electron chi connectivity index (χ1n) is 46.0. The maximum absolute atomic E-state index is 14.4. The van der Waals surface area contributed by atoms with Gasteiger partial charge in [0, 0.05) is 58.9 Å². The summed E-state index contributed by atoms with van der Waals surface area (Å²) < 4.78 is 33.3. The molecule has 1 aromatic heterocycles. The van der Waals surface area contributed by atoms with Crippen LogP contribution in [0.3, 0.4) is 0 Å². The van der Waals surface area contributed by atoms with Crippen molar-refractivity contribution in [2.24, 2.45) is 62.9 Å². The number of nitrogens with zero attached hydrogens (tertiary/aromatic N) is 4. The number of ether oxygens (including phenoxy) is 1. The molecule has 7 heterocycles. The summed E-state index contributed by atoms with van der Waals surface area (Å²) in [5, 5.41) is 33.4. The van der Waals surface area contributed by atoms with E-state index in [4.69, 9.17) is 20.4 Å². The number of amides is 12. The Kier molecular flexibility index (Phi) is 38.4. The highest BCUT2D eigenvalue weighted by atomic mass is 32.2. The van der Waals surface area contributed by atoms with E-state index < -0.39 is 140 Å². The number of likely N-dealkylation sites (N-methyl/N-ethyl adjacent to an activating group) is 4. The first kappa shape index (κ1) is 104. The van der Waals surface area contributed by atoms with E-state index in [1.165, 1.54) is 11.4 Å². The molecule has 0 aromatic carbocycles. The average molecular weight is 1790 g/mol. The SMILES string of the molecule is CCNC(=O)C(=O)[C@@H]1CCCCCCCCC[C@H](N)C(=O)N2C[C@H]3[C@@H]([C@H]2C(=O)N1)C3(C)C.CCNC(=O)C(=O)[C@@H]1CCCCCCCCC[C@H](NC(=O)N[C@H](CN(C)S(=O)(=O)c2cccs2)C(C)(C)C)C(=O)N2C[C@H]3[C@@H]([C@H]2C(=O)N1)C3(C)C.CCNC(=O)C(=O)[C@@H]1CCCCCCCCC[C@H](NC(=O)OC(C)(C)C)C(=O)N2C[C@H]3[C@@H]([C@H]2C(=O)N1)C3(C)C.O=CO. The van der Waals surface area contributed by atoms with Crippen LogP contribution in [-0.4, -0.2) is 241 Å². The number of carbonyl (C=O) groups is 15. The third kappa shape index (κ3) is 27.7. The number of hydrogen-bond acceptors (Lipinski definition) is 20. The van der Waals surface area contributed by atoms with Crippen LogP contribution in [0, 0.1) is 57.2 Å². The number of hydrogen-bond donors (Lipinski definition) is 11. The number of nitrogens with one attached hydrogen (secondary N) is 9. The number of alkyl carbamates (subject to hydrolysis) is 1. The summed E-state index contributed by atoms with van der Waals surface area (Å²) in [5.41, 5.74) is 4.66. The van der Waals surface area contributed by atoms with E-state index in [1.54, 1.807) is 73.8 Å². The van der Waals surface area contributed by atoms with E-state index >= 15 is 0 Å². The number of ketones is 3. The van der Waals surface area contributed by atoms with E-state index in [2.05, 4.69) is 89.4 Å². The van der Waals surface area contributed by atoms with Crippen molar-refractivity contribution >= 4 is 110 Å². The van der Waals surface area contributed by atoms with E-state index in [0.29, 0.717) is 84.1 Å². The Morgan fingerprint density at radius 2 is 0.840 bits per heavy atom. The lowest BCUT2D eigenvalue weighted by Gasteiger charge is -2.36. The van der Waals surface area contributed by atoms with Gasteiger partial charge < -0.3 is 78.1 Å². The zero-order valence-corrected chi connectivity index (χ0v) is 78.7. The number of carboxylic acid groups (broad SMARTS) is 1. The molecule has 35 heteroatoms. The number of nitrogens with two attached hydrogens (primary N) is 1. The molecule has 33 nitrogen and oxygen atoms in total. The third-order valence-corrected chi connectivity index (χ3v) is 30.4. The van der Waals surface area contributed by atoms with Crippen LogP contribution in [0.15, 0.2) is 21.7 Å². The zero-order valence-electron chi connectivity index (χ0n) is 77.1. The second-order valence-corrected chi connectivity index (χ2v) is 42.6. The predicted octanol–water partition coefficient (Wildman–Crippen LogP) is 7.94. The highest BCUT2D eigenvalue weighted by Gasteiger charge is 2.72. The molecule has 0 radical (unpaired) electrons. The van der Waals surface area contributed by atoms with Gasteiger partial charge in [0.25, 0.3) is 34.2 Å². The third-order valence-electron chi connectivity index (χ3n) is 27.2. The molecule has 16 atom stereocenters. The largest absolute Gasteiger partial charge is 0.483 e. The molecule has 0 bridgehead atoms. The standard InChI is InChI=1S/C36H58N6O7S2.C29H48N4O6.C24H40N4O4.CH2O2/c1-8-37-32(45)30(43)24-17-14-12-10-9-11-13-15-18-25(33(46)42-21-23-28(36(23,5)6)29(42)31(44)38-24)39-34(47)40-26(35(2,3)4)22-41(7)51(48,49)27-19-16-20-50-27;1-7-30-25(36)23(34)19-15-13-11-9-8-10-12-14-16-20(32-27(38)39-28(2,3)4)26(37)33-17-18-21(29(18,5)6)22(33)24(35)31-19;1-4-26-22(31)20(29)17-13-11-9-7-5-6-8-10-12-16(25)23(32)28-14-15-18(24(15,2)3)19(28)21(30)27-17;2-1-3/h16,19-20,23-26,28-29H,8-15,17-18,21-22H2,1-7H3,(H,37,45)(H,38,44)(H2,39,40,47);18-22H,7-17H2,1-6H3,(H,30,36)(H,31,35)(H,32,38);15-19H,4-14,25H2,1-3H3,(H,26,31)(H,27,30);1H,(H,2,3)/t23-,24-,25-,26+,28-,29-;18-,19-,20-,21-,22-;15-,16-,17-,18-,19-;/m000./s1. The summed E-state index contributed by atoms with van der Waals surface area (Å²) in [6.45, 7) is 30.8. The van der Waals surface area contributed by atoms with Gasteiger partial charge >= 0.3 is 12.1 Å². The number of carbonyl (C=O) groups excluding carboxylic acids is 14. The second kappa shape index (κ2) is 46.2. The van der Waals surface area contributed by atoms with Crippen LogP contribution < -0.4 is 53.6 Å². The molecule has 3 aliphatic carbocycles. The number of fused-ring (bicyclic) bond motifs is 9. The Balaban J connectivity index is 0.000000260. The van der Waals surface area contributed by atoms with Gasteiger partial charge in [0.05, 0.1) is 24.2 Å². The van der Waals surface area contributed by atoms with E-state index in [0.717, 1.165) is 133 Å². The normalized spacial score (nSPS) is 28.9. The first-order chi connectivity index (χ1) is 58.8. The fourth-order valence-corrected chi connectivity index (χ4v) is 21.9. The summed E-state index contributed by atoms with van der Waals surface area (Å²) in [6.07, 6.45) is 21.2. The highest BCUT2D eigenvalue weighted by Crippen LogP contribution is 2.67. The van der Waals surface area contributed by atoms with Gasteiger partial charge in [-0.15, -0.1) is 11.3 Å². The Labute approximate surface area is 744 Å². The minimum Gasteiger partial charge on any atom is -0.483 e. The number of rotatable bonds is 16. The van der Waals surface area contributed by atoms with Gasteiger partial charge in [-0.1, -0.05) is 203 Å². The average Bonchev–Trinajstić information content (AvgIpc) is 1.54. The molecule has 9 aliphatic rings. The van der Waals surface area contributed by atoms with Gasteiger partial charge in [-0.2, -0.15) is 4.31 Å². The summed E-state index contributed by atoms with van der Waals surface area (Å²) in [5.74, 6) is -5.74. The zero-order chi connectivity index (χ0) is 92.9. The lowest BCUT2D eigenvalue weighted by Crippen LogP contribution is -2.60. The van der Waals surface area contributed by atoms with Crippen molar-refractivity contribution in [3.05, 3.63) is 17.5 Å². The molecule has 6 aliphatic heterocycles. The van der Waals surface area contributed by atoms with E-state index in [9.17, 15) is 75.5 Å². The Morgan fingerprint density at radius 1 is 0.528 bits per heavy atom. The lowest BCUT2D eigenvalue weighted by atomic mass is 9.86. The maximum atomic E-state index is 14.4. The Morgan fingerprint density at radius 3 is 1.15 bits per heavy atom. The number of urea groups is 1. The van der Waals surface area contributed by atoms with Crippen LogP contribution in [0.1, 0.15) is 277 Å². The molecular formula is C90H148N14O19S2. The van der Waals surface area contributed by atoms with Gasteiger partial charge in [0.15, 0.2) is 0 Å². The molecule has 6 saturated heterocycles. The van der Waals surface area contributed by atoms with Crippen molar-refractivity contribution in [2.75, 3.05) is 52.9 Å². The van der Waals surface area contributed by atoms with E-state index in [1.807, 2.05) is 20.8 Å². The Hall–Kier alpha value is -8.18. The summed E-state index contributed by atoms with van der Waals surface area (Å²) >= 11 is 1.13. The van der Waals surface area contributed by atoms with Crippen molar-refractivity contribution in [1.29, 1.82) is 0 Å². The highest BCUT2D eigenvalue weighted by molar-refractivity contribution is 7.91. The van der Waals surface area contributed by atoms with Crippen molar-refractivity contribution in [3.63, 3.8) is 0 Å². The fraction of sp³-hybridized carbons (Fsp3) is 0.789. The molecule has 12 N–H and O–H groups in total. The summed E-state index contributed by atoms with van der Waals surface area (Å²) in [7, 11) is -2.28. The van der Waals surface area contributed by atoms with Crippen molar-refractivity contribution in [2.45, 2.75) is 347 Å². The second-order valence-electron chi connectivity index (χ2n) is 39.4. The number of thiophene rings is 1. The van der Waals surface area contributed by atoms with Crippen molar-refractivity contribution < 1.29 is 90.2 Å². The van der Waals surface area contributed by atoms with Gasteiger partial charge in [-0.05, 0) is 149 Å². The van der Waals surface area contributed by atoms with Crippen LogP contribution in [0.4, 0.5) is 9.59 Å². The van der Waals surface area contributed by atoms with Crippen LogP contribution in [0.25, 0.3) is 0 Å². The molecule has 704 valence electrons. The number of sulfonamides is 1. The minimum atomic E-state index is -3.76. The summed E-state index contributed by atoms with van der Waals surface area (Å²) in [6, 6.07) is -5.36. The molecular weight excluding hydrogens is 1650 g/mol. The van der Waals surface area contributed by atoms with Gasteiger partial charge in [-0.25, -0.2) is 18.0 Å². The molecule has 9 fully saturated rings. The van der Waals surface area contributed by atoms with Crippen LogP contribution >= 0.6 is 11.3 Å². The fourth-order valence-electron chi connectivity index (χ4n) is 19.5. The molecule has 125 heavy (non-hydrogen) atoms. The summed E-state index contributed by atoms with van der Waals surface area (Å²) in [4.78, 5) is 198. The smallest absolute Gasteiger partial charge is 0.408 e. The van der Waals surface area contributed by atoms with Gasteiger partial charge in [0.1, 0.15) is 40.0 Å². The Bertz CT molecular complexity index is 4030. The number of piperidine rings is 3. The molecule has 0 unspecified atom stereocenters. The minimum absolute atomic E-state index is 0.0126. The molecule has 10 rings (SSSR count). The molecule has 3 saturated carbocycles. The van der Waals surface area contributed by atoms with Crippen LogP contribution in [0.5, 0.6) is 0 Å². The predicted molar refractivity (Wildman–Crippen MR) is 473 cm³/mol. The molecule has 1 aromatic rings. The topological polar surface area (TPSA) is 467 Å². The first-order valence-corrected chi connectivity index (χ1v) is 48.3.